The molecule has 0 atom stereocenters. The van der Waals surface area contributed by atoms with Gasteiger partial charge in [-0.15, -0.1) is 0 Å². The van der Waals surface area contributed by atoms with Crippen LogP contribution in [-0.4, -0.2) is 7.11 Å². The number of ether oxygens (including phenoxy) is 2. The zero-order chi connectivity index (χ0) is 24.3. The minimum absolute atomic E-state index is 0.491. The van der Waals surface area contributed by atoms with Gasteiger partial charge in [-0.3, -0.25) is 0 Å². The molecule has 0 unspecified atom stereocenters. The van der Waals surface area contributed by atoms with Gasteiger partial charge in [0.05, 0.1) is 7.11 Å². The summed E-state index contributed by atoms with van der Waals surface area (Å²) >= 11 is 0. The molecule has 0 radical (unpaired) electrons. The number of rotatable bonds is 6. The highest BCUT2D eigenvalue weighted by atomic mass is 16.5. The fraction of sp³-hybridized carbons (Fsp3) is 0.0588. The van der Waals surface area contributed by atoms with Gasteiger partial charge in [-0.05, 0) is 56.4 Å². The Labute approximate surface area is 211 Å². The molecule has 174 valence electrons. The number of fused-ring (bicyclic) bond motifs is 2. The van der Waals surface area contributed by atoms with Crippen LogP contribution in [0.25, 0.3) is 43.8 Å². The minimum Gasteiger partial charge on any atom is -0.496 e. The summed E-state index contributed by atoms with van der Waals surface area (Å²) in [6.45, 7) is 0.491. The maximum atomic E-state index is 6.52. The average Bonchev–Trinajstić information content (AvgIpc) is 2.96. The first-order valence-corrected chi connectivity index (χ1v) is 12.2. The molecule has 2 heteroatoms. The molecule has 0 amide bonds. The summed E-state index contributed by atoms with van der Waals surface area (Å²) < 4.78 is 12.5. The number of methoxy groups -OCH3 is 1. The van der Waals surface area contributed by atoms with Crippen LogP contribution < -0.4 is 9.47 Å². The molecule has 0 N–H and O–H groups in total. The van der Waals surface area contributed by atoms with Crippen LogP contribution in [0.4, 0.5) is 0 Å². The lowest BCUT2D eigenvalue weighted by Crippen LogP contribution is -1.99. The van der Waals surface area contributed by atoms with E-state index < -0.39 is 0 Å². The zero-order valence-electron chi connectivity index (χ0n) is 20.1. The van der Waals surface area contributed by atoms with E-state index in [1.165, 1.54) is 16.5 Å². The van der Waals surface area contributed by atoms with Gasteiger partial charge in [0, 0.05) is 11.1 Å². The van der Waals surface area contributed by atoms with Crippen LogP contribution in [0, 0.1) is 0 Å². The summed E-state index contributed by atoms with van der Waals surface area (Å²) in [6, 6.07) is 44.3. The molecule has 0 saturated heterocycles. The highest BCUT2D eigenvalue weighted by Crippen LogP contribution is 2.46. The molecule has 0 fully saturated rings. The highest BCUT2D eigenvalue weighted by Gasteiger charge is 2.19. The molecule has 0 aromatic heterocycles. The van der Waals surface area contributed by atoms with Crippen molar-refractivity contribution in [2.75, 3.05) is 7.11 Å². The molecule has 0 aliphatic heterocycles. The fourth-order valence-electron chi connectivity index (χ4n) is 4.90. The Morgan fingerprint density at radius 1 is 0.500 bits per heavy atom. The van der Waals surface area contributed by atoms with E-state index in [9.17, 15) is 0 Å². The second-order valence-corrected chi connectivity index (χ2v) is 8.88. The number of hydrogen-bond acceptors (Lipinski definition) is 2. The molecule has 0 aliphatic carbocycles. The summed E-state index contributed by atoms with van der Waals surface area (Å²) in [5, 5.41) is 4.60. The summed E-state index contributed by atoms with van der Waals surface area (Å²) in [5.74, 6) is 1.67. The molecule has 0 spiro atoms. The Hall–Kier alpha value is -4.56. The van der Waals surface area contributed by atoms with E-state index in [0.29, 0.717) is 6.61 Å². The van der Waals surface area contributed by atoms with Crippen LogP contribution >= 0.6 is 0 Å². The average molecular weight is 467 g/mol. The molecule has 6 rings (SSSR count). The monoisotopic (exact) mass is 466 g/mol. The van der Waals surface area contributed by atoms with Crippen molar-refractivity contribution in [3.8, 4) is 33.8 Å². The van der Waals surface area contributed by atoms with Crippen molar-refractivity contribution in [3.63, 3.8) is 0 Å². The van der Waals surface area contributed by atoms with Gasteiger partial charge in [0.15, 0.2) is 0 Å². The van der Waals surface area contributed by atoms with Crippen molar-refractivity contribution in [1.29, 1.82) is 0 Å². The van der Waals surface area contributed by atoms with Gasteiger partial charge in [-0.1, -0.05) is 109 Å². The largest absolute Gasteiger partial charge is 0.496 e. The van der Waals surface area contributed by atoms with Gasteiger partial charge in [-0.25, -0.2) is 0 Å². The van der Waals surface area contributed by atoms with E-state index in [0.717, 1.165) is 44.3 Å². The SMILES string of the molecule is COc1ccc2ccccc2c1-c1c(OCc2ccccc2)ccc2ccc(-c3ccccc3)cc12. The Morgan fingerprint density at radius 2 is 1.11 bits per heavy atom. The van der Waals surface area contributed by atoms with E-state index in [1.54, 1.807) is 7.11 Å². The van der Waals surface area contributed by atoms with Gasteiger partial charge in [0.2, 0.25) is 0 Å². The summed E-state index contributed by atoms with van der Waals surface area (Å²) in [4.78, 5) is 0. The van der Waals surface area contributed by atoms with Gasteiger partial charge >= 0.3 is 0 Å². The predicted octanol–water partition coefficient (Wildman–Crippen LogP) is 8.91. The lowest BCUT2D eigenvalue weighted by atomic mass is 9.90. The van der Waals surface area contributed by atoms with Gasteiger partial charge < -0.3 is 9.47 Å². The Morgan fingerprint density at radius 3 is 1.89 bits per heavy atom. The normalized spacial score (nSPS) is 11.0. The fourth-order valence-corrected chi connectivity index (χ4v) is 4.90. The molecule has 0 bridgehead atoms. The summed E-state index contributed by atoms with van der Waals surface area (Å²) in [7, 11) is 1.73. The molecular formula is C34H26O2. The topological polar surface area (TPSA) is 18.5 Å². The Balaban J connectivity index is 1.63. The molecule has 0 heterocycles. The van der Waals surface area contributed by atoms with E-state index in [-0.39, 0.29) is 0 Å². The molecular weight excluding hydrogens is 440 g/mol. The first-order chi connectivity index (χ1) is 17.8. The predicted molar refractivity (Wildman–Crippen MR) is 150 cm³/mol. The molecule has 36 heavy (non-hydrogen) atoms. The summed E-state index contributed by atoms with van der Waals surface area (Å²) in [6.07, 6.45) is 0. The third kappa shape index (κ3) is 4.08. The number of hydrogen-bond donors (Lipinski definition) is 0. The highest BCUT2D eigenvalue weighted by molar-refractivity contribution is 6.10. The molecule has 6 aromatic rings. The first-order valence-electron chi connectivity index (χ1n) is 12.2. The van der Waals surface area contributed by atoms with Gasteiger partial charge in [0.25, 0.3) is 0 Å². The van der Waals surface area contributed by atoms with E-state index in [4.69, 9.17) is 9.47 Å². The Bertz CT molecular complexity index is 1650. The van der Waals surface area contributed by atoms with Crippen LogP contribution in [0.3, 0.4) is 0 Å². The van der Waals surface area contributed by atoms with Crippen molar-refractivity contribution < 1.29 is 9.47 Å². The summed E-state index contributed by atoms with van der Waals surface area (Å²) in [5.41, 5.74) is 5.59. The van der Waals surface area contributed by atoms with Crippen LogP contribution in [0.5, 0.6) is 11.5 Å². The lowest BCUT2D eigenvalue weighted by molar-refractivity contribution is 0.308. The molecule has 2 nitrogen and oxygen atoms in total. The standard InChI is InChI=1S/C34H26O2/c1-35-31-20-18-26-14-8-9-15-29(26)33(31)34-30-22-28(25-12-6-3-7-13-25)17-16-27(30)19-21-32(34)36-23-24-10-4-2-5-11-24/h2-22H,23H2,1H3. The van der Waals surface area contributed by atoms with E-state index >= 15 is 0 Å². The zero-order valence-corrected chi connectivity index (χ0v) is 20.1. The smallest absolute Gasteiger partial charge is 0.128 e. The third-order valence-corrected chi connectivity index (χ3v) is 6.69. The second-order valence-electron chi connectivity index (χ2n) is 8.88. The minimum atomic E-state index is 0.491. The maximum Gasteiger partial charge on any atom is 0.128 e. The molecule has 0 saturated carbocycles. The van der Waals surface area contributed by atoms with Crippen molar-refractivity contribution in [2.24, 2.45) is 0 Å². The first kappa shape index (κ1) is 21.9. The maximum absolute atomic E-state index is 6.52. The molecule has 0 aliphatic rings. The Kier molecular flexibility index (Phi) is 5.85. The van der Waals surface area contributed by atoms with Crippen molar-refractivity contribution in [3.05, 3.63) is 133 Å². The lowest BCUT2D eigenvalue weighted by Gasteiger charge is -2.19. The van der Waals surface area contributed by atoms with Crippen molar-refractivity contribution in [2.45, 2.75) is 6.61 Å². The van der Waals surface area contributed by atoms with Crippen LogP contribution in [0.2, 0.25) is 0 Å². The van der Waals surface area contributed by atoms with Crippen LogP contribution in [0.15, 0.2) is 127 Å². The van der Waals surface area contributed by atoms with Crippen LogP contribution in [-0.2, 0) is 6.61 Å². The van der Waals surface area contributed by atoms with Crippen molar-refractivity contribution in [1.82, 2.24) is 0 Å². The quantitative estimate of drug-likeness (QED) is 0.244. The van der Waals surface area contributed by atoms with Crippen LogP contribution in [0.1, 0.15) is 5.56 Å². The van der Waals surface area contributed by atoms with E-state index in [2.05, 4.69) is 103 Å². The second kappa shape index (κ2) is 9.59. The van der Waals surface area contributed by atoms with Gasteiger partial charge in [0.1, 0.15) is 18.1 Å². The van der Waals surface area contributed by atoms with E-state index in [1.807, 2.05) is 24.3 Å². The molecule has 6 aromatic carbocycles. The van der Waals surface area contributed by atoms with Crippen molar-refractivity contribution >= 4 is 21.5 Å². The third-order valence-electron chi connectivity index (χ3n) is 6.69. The number of benzene rings is 6. The van der Waals surface area contributed by atoms with Gasteiger partial charge in [-0.2, -0.15) is 0 Å².